The third-order valence-corrected chi connectivity index (χ3v) is 2.98. The number of Topliss-reactive ketones (excluding diaryl/α,β-unsaturated/α-hetero) is 1. The molecule has 102 valence electrons. The number of rotatable bonds is 3. The van der Waals surface area contributed by atoms with E-state index in [9.17, 15) is 9.59 Å². The van der Waals surface area contributed by atoms with Gasteiger partial charge in [0.2, 0.25) is 0 Å². The average molecular weight is 264 g/mol. The summed E-state index contributed by atoms with van der Waals surface area (Å²) in [4.78, 5) is 23.6. The monoisotopic (exact) mass is 264 g/mol. The normalized spacial score (nSPS) is 19.0. The molecule has 1 atom stereocenters. The predicted octanol–water partition coefficient (Wildman–Crippen LogP) is 0.365. The Labute approximate surface area is 110 Å². The van der Waals surface area contributed by atoms with E-state index in [0.29, 0.717) is 30.0 Å². The molecule has 0 bridgehead atoms. The molecule has 2 rings (SSSR count). The Morgan fingerprint density at radius 3 is 3.00 bits per heavy atom. The van der Waals surface area contributed by atoms with Crippen LogP contribution < -0.4 is 15.8 Å². The van der Waals surface area contributed by atoms with Gasteiger partial charge in [0.05, 0.1) is 18.8 Å². The summed E-state index contributed by atoms with van der Waals surface area (Å²) < 4.78 is 10.1. The Kier molecular flexibility index (Phi) is 4.01. The van der Waals surface area contributed by atoms with Crippen LogP contribution in [-0.4, -0.2) is 38.1 Å². The van der Waals surface area contributed by atoms with Crippen molar-refractivity contribution in [2.45, 2.75) is 12.5 Å². The van der Waals surface area contributed by atoms with Crippen LogP contribution in [0.15, 0.2) is 18.2 Å². The highest BCUT2D eigenvalue weighted by molar-refractivity contribution is 5.99. The molecule has 1 amide bonds. The standard InChI is InChI=1S/C13H16N2O4/c1-18-12-6-8(2-3-9(12)14)13(17)15-10-4-5-19-7-11(10)16/h2-3,6,10H,4-5,7,14H2,1H3,(H,15,17)/t10-/m0/s1. The van der Waals surface area contributed by atoms with E-state index in [4.69, 9.17) is 15.2 Å². The topological polar surface area (TPSA) is 90.6 Å². The molecule has 19 heavy (non-hydrogen) atoms. The number of nitrogen functional groups attached to an aromatic ring is 1. The van der Waals surface area contributed by atoms with Gasteiger partial charge in [0.1, 0.15) is 12.4 Å². The molecule has 6 heteroatoms. The fraction of sp³-hybridized carbons (Fsp3) is 0.385. The van der Waals surface area contributed by atoms with Crippen molar-refractivity contribution in [1.82, 2.24) is 5.32 Å². The van der Waals surface area contributed by atoms with Crippen molar-refractivity contribution in [2.24, 2.45) is 0 Å². The molecule has 0 radical (unpaired) electrons. The van der Waals surface area contributed by atoms with E-state index in [1.165, 1.54) is 7.11 Å². The minimum atomic E-state index is -0.482. The Hall–Kier alpha value is -2.08. The second kappa shape index (κ2) is 5.71. The molecule has 0 aromatic heterocycles. The van der Waals surface area contributed by atoms with Gasteiger partial charge in [-0.3, -0.25) is 9.59 Å². The molecule has 1 aromatic carbocycles. The lowest BCUT2D eigenvalue weighted by Gasteiger charge is -2.22. The maximum absolute atomic E-state index is 12.0. The maximum atomic E-state index is 12.0. The van der Waals surface area contributed by atoms with Crippen molar-refractivity contribution in [3.8, 4) is 5.75 Å². The molecular formula is C13H16N2O4. The van der Waals surface area contributed by atoms with E-state index in [1.807, 2.05) is 0 Å². The van der Waals surface area contributed by atoms with Crippen LogP contribution in [0.1, 0.15) is 16.8 Å². The highest BCUT2D eigenvalue weighted by Gasteiger charge is 2.24. The first-order valence-corrected chi connectivity index (χ1v) is 5.96. The minimum Gasteiger partial charge on any atom is -0.495 e. The van der Waals surface area contributed by atoms with E-state index in [2.05, 4.69) is 5.32 Å². The van der Waals surface area contributed by atoms with E-state index < -0.39 is 6.04 Å². The number of hydrogen-bond acceptors (Lipinski definition) is 5. The third-order valence-electron chi connectivity index (χ3n) is 2.98. The van der Waals surface area contributed by atoms with Crippen molar-refractivity contribution >= 4 is 17.4 Å². The molecule has 1 saturated heterocycles. The quantitative estimate of drug-likeness (QED) is 0.769. The highest BCUT2D eigenvalue weighted by atomic mass is 16.5. The first-order valence-electron chi connectivity index (χ1n) is 5.96. The van der Waals surface area contributed by atoms with Crippen molar-refractivity contribution in [1.29, 1.82) is 0 Å². The lowest BCUT2D eigenvalue weighted by atomic mass is 10.1. The number of carbonyl (C=O) groups is 2. The van der Waals surface area contributed by atoms with Crippen LogP contribution in [0.2, 0.25) is 0 Å². The van der Waals surface area contributed by atoms with Crippen LogP contribution in [-0.2, 0) is 9.53 Å². The van der Waals surface area contributed by atoms with Crippen LogP contribution in [0, 0.1) is 0 Å². The molecule has 0 spiro atoms. The molecule has 3 N–H and O–H groups in total. The third kappa shape index (κ3) is 3.03. The fourth-order valence-corrected chi connectivity index (χ4v) is 1.88. The van der Waals surface area contributed by atoms with Crippen LogP contribution >= 0.6 is 0 Å². The molecule has 0 unspecified atom stereocenters. The summed E-state index contributed by atoms with van der Waals surface area (Å²) in [5.74, 6) is 0.00603. The molecular weight excluding hydrogens is 248 g/mol. The number of carbonyl (C=O) groups excluding carboxylic acids is 2. The van der Waals surface area contributed by atoms with Gasteiger partial charge in [-0.25, -0.2) is 0 Å². The second-order valence-corrected chi connectivity index (χ2v) is 4.29. The molecule has 0 aliphatic carbocycles. The van der Waals surface area contributed by atoms with Gasteiger partial charge in [-0.1, -0.05) is 0 Å². The van der Waals surface area contributed by atoms with Crippen LogP contribution in [0.3, 0.4) is 0 Å². The molecule has 6 nitrogen and oxygen atoms in total. The maximum Gasteiger partial charge on any atom is 0.252 e. The number of nitrogens with one attached hydrogen (secondary N) is 1. The van der Waals surface area contributed by atoms with E-state index >= 15 is 0 Å². The summed E-state index contributed by atoms with van der Waals surface area (Å²) in [5.41, 5.74) is 6.55. The van der Waals surface area contributed by atoms with Gasteiger partial charge >= 0.3 is 0 Å². The van der Waals surface area contributed by atoms with Crippen LogP contribution in [0.5, 0.6) is 5.75 Å². The zero-order chi connectivity index (χ0) is 13.8. The number of amides is 1. The van der Waals surface area contributed by atoms with E-state index in [1.54, 1.807) is 18.2 Å². The second-order valence-electron chi connectivity index (χ2n) is 4.29. The number of ether oxygens (including phenoxy) is 2. The first kappa shape index (κ1) is 13.4. The number of nitrogens with two attached hydrogens (primary N) is 1. The first-order chi connectivity index (χ1) is 9.11. The van der Waals surface area contributed by atoms with Crippen molar-refractivity contribution in [3.63, 3.8) is 0 Å². The van der Waals surface area contributed by atoms with Gasteiger partial charge in [-0.05, 0) is 24.6 Å². The van der Waals surface area contributed by atoms with E-state index in [0.717, 1.165) is 0 Å². The summed E-state index contributed by atoms with van der Waals surface area (Å²) >= 11 is 0. The van der Waals surface area contributed by atoms with Gasteiger partial charge in [0.25, 0.3) is 5.91 Å². The van der Waals surface area contributed by atoms with Gasteiger partial charge in [0.15, 0.2) is 5.78 Å². The minimum absolute atomic E-state index is 0.0516. The van der Waals surface area contributed by atoms with Crippen molar-refractivity contribution in [3.05, 3.63) is 23.8 Å². The van der Waals surface area contributed by atoms with Gasteiger partial charge in [-0.2, -0.15) is 0 Å². The Bertz CT molecular complexity index is 501. The molecule has 1 aromatic rings. The van der Waals surface area contributed by atoms with Crippen molar-refractivity contribution in [2.75, 3.05) is 26.1 Å². The Balaban J connectivity index is 2.09. The Morgan fingerprint density at radius 1 is 1.53 bits per heavy atom. The van der Waals surface area contributed by atoms with Crippen LogP contribution in [0.25, 0.3) is 0 Å². The molecule has 1 aliphatic heterocycles. The zero-order valence-corrected chi connectivity index (χ0v) is 10.6. The SMILES string of the molecule is COc1cc(C(=O)N[C@H]2CCOCC2=O)ccc1N. The van der Waals surface area contributed by atoms with Crippen molar-refractivity contribution < 1.29 is 19.1 Å². The average Bonchev–Trinajstić information content (AvgIpc) is 2.42. The number of benzene rings is 1. The molecule has 0 saturated carbocycles. The van der Waals surface area contributed by atoms with Gasteiger partial charge < -0.3 is 20.5 Å². The lowest BCUT2D eigenvalue weighted by molar-refractivity contribution is -0.129. The molecule has 1 fully saturated rings. The zero-order valence-electron chi connectivity index (χ0n) is 10.6. The molecule has 1 heterocycles. The number of methoxy groups -OCH3 is 1. The summed E-state index contributed by atoms with van der Waals surface area (Å²) in [6, 6.07) is 4.26. The smallest absolute Gasteiger partial charge is 0.252 e. The number of anilines is 1. The van der Waals surface area contributed by atoms with Gasteiger partial charge in [-0.15, -0.1) is 0 Å². The van der Waals surface area contributed by atoms with E-state index in [-0.39, 0.29) is 18.3 Å². The Morgan fingerprint density at radius 2 is 2.32 bits per heavy atom. The fourth-order valence-electron chi connectivity index (χ4n) is 1.88. The van der Waals surface area contributed by atoms with Gasteiger partial charge in [0, 0.05) is 12.2 Å². The highest BCUT2D eigenvalue weighted by Crippen LogP contribution is 2.22. The number of ketones is 1. The molecule has 1 aliphatic rings. The lowest BCUT2D eigenvalue weighted by Crippen LogP contribution is -2.45. The number of hydrogen-bond donors (Lipinski definition) is 2. The summed E-state index contributed by atoms with van der Waals surface area (Å²) in [6.07, 6.45) is 0.497. The van der Waals surface area contributed by atoms with Crippen LogP contribution in [0.4, 0.5) is 5.69 Å². The largest absolute Gasteiger partial charge is 0.495 e. The summed E-state index contributed by atoms with van der Waals surface area (Å²) in [7, 11) is 1.48. The summed E-state index contributed by atoms with van der Waals surface area (Å²) in [6.45, 7) is 0.526. The summed E-state index contributed by atoms with van der Waals surface area (Å²) in [5, 5.41) is 2.69. The predicted molar refractivity (Wildman–Crippen MR) is 69.1 cm³/mol.